The highest BCUT2D eigenvalue weighted by atomic mass is 16.4. The molecule has 0 amide bonds. The molecule has 0 spiro atoms. The molecule has 4 heteroatoms. The van der Waals surface area contributed by atoms with Crippen molar-refractivity contribution >= 4 is 12.3 Å². The topological polar surface area (TPSA) is 78.2 Å². The number of aromatic carboxylic acids is 1. The lowest BCUT2D eigenvalue weighted by atomic mass is 9.96. The molecule has 0 aliphatic carbocycles. The van der Waals surface area contributed by atoms with Gasteiger partial charge in [-0.25, -0.2) is 4.79 Å². The van der Waals surface area contributed by atoms with Gasteiger partial charge in [0.1, 0.15) is 6.29 Å². The summed E-state index contributed by atoms with van der Waals surface area (Å²) in [5, 5.41) is 17.6. The van der Waals surface area contributed by atoms with Gasteiger partial charge >= 0.3 is 5.97 Å². The Morgan fingerprint density at radius 1 is 1.62 bits per heavy atom. The molecule has 4 nitrogen and oxygen atoms in total. The molecule has 0 fully saturated rings. The summed E-state index contributed by atoms with van der Waals surface area (Å²) < 4.78 is 0. The lowest BCUT2D eigenvalue weighted by Gasteiger charge is -2.07. The normalized spacial score (nSPS) is 11.5. The van der Waals surface area contributed by atoms with Gasteiger partial charge in [0.25, 0.3) is 0 Å². The Hall–Kier alpha value is -2.15. The van der Waals surface area contributed by atoms with Crippen molar-refractivity contribution in [2.75, 3.05) is 0 Å². The Kier molecular flexibility index (Phi) is 3.78. The molecular weight excluding hydrogens is 206 g/mol. The highest BCUT2D eigenvalue weighted by molar-refractivity contribution is 5.90. The second kappa shape index (κ2) is 5.08. The van der Waals surface area contributed by atoms with Gasteiger partial charge in [-0.2, -0.15) is 5.26 Å². The van der Waals surface area contributed by atoms with Gasteiger partial charge in [-0.3, -0.25) is 0 Å². The number of rotatable bonds is 4. The molecule has 1 atom stereocenters. The van der Waals surface area contributed by atoms with E-state index >= 15 is 0 Å². The zero-order chi connectivity index (χ0) is 12.1. The van der Waals surface area contributed by atoms with E-state index in [1.807, 2.05) is 6.07 Å². The Morgan fingerprint density at radius 2 is 2.31 bits per heavy atom. The van der Waals surface area contributed by atoms with E-state index in [4.69, 9.17) is 10.4 Å². The summed E-state index contributed by atoms with van der Waals surface area (Å²) in [6.07, 6.45) is 1.15. The summed E-state index contributed by atoms with van der Waals surface area (Å²) in [5.41, 5.74) is 0.971. The highest BCUT2D eigenvalue weighted by Gasteiger charge is 2.13. The van der Waals surface area contributed by atoms with Crippen molar-refractivity contribution in [2.24, 2.45) is 5.92 Å². The van der Waals surface area contributed by atoms with Gasteiger partial charge in [0.2, 0.25) is 0 Å². The third kappa shape index (κ3) is 2.67. The average Bonchev–Trinajstić information content (AvgIpc) is 2.29. The predicted molar refractivity (Wildman–Crippen MR) is 57.0 cm³/mol. The molecule has 0 bridgehead atoms. The lowest BCUT2D eigenvalue weighted by Crippen LogP contribution is -2.08. The summed E-state index contributed by atoms with van der Waals surface area (Å²) in [6, 6.07) is 6.35. The number of nitrogens with zero attached hydrogens (tertiary/aromatic N) is 1. The van der Waals surface area contributed by atoms with Crippen LogP contribution in [0.3, 0.4) is 0 Å². The quantitative estimate of drug-likeness (QED) is 0.777. The van der Waals surface area contributed by atoms with Crippen molar-refractivity contribution in [3.63, 3.8) is 0 Å². The summed E-state index contributed by atoms with van der Waals surface area (Å²) in [5.74, 6) is -1.31. The maximum atomic E-state index is 11.0. The van der Waals surface area contributed by atoms with Crippen LogP contribution >= 0.6 is 0 Å². The summed E-state index contributed by atoms with van der Waals surface area (Å²) in [4.78, 5) is 21.5. The average molecular weight is 217 g/mol. The van der Waals surface area contributed by atoms with Crippen LogP contribution in [0, 0.1) is 17.2 Å². The van der Waals surface area contributed by atoms with E-state index in [0.29, 0.717) is 17.5 Å². The largest absolute Gasteiger partial charge is 0.478 e. The molecule has 1 aromatic rings. The van der Waals surface area contributed by atoms with Crippen molar-refractivity contribution in [2.45, 2.75) is 13.3 Å². The second-order valence-electron chi connectivity index (χ2n) is 3.61. The zero-order valence-corrected chi connectivity index (χ0v) is 8.80. The van der Waals surface area contributed by atoms with Gasteiger partial charge in [-0.1, -0.05) is 13.0 Å². The molecule has 1 aromatic carbocycles. The number of carbonyl (C=O) groups is 2. The van der Waals surface area contributed by atoms with Crippen molar-refractivity contribution in [1.29, 1.82) is 5.26 Å². The van der Waals surface area contributed by atoms with Crippen LogP contribution in [0.5, 0.6) is 0 Å². The molecule has 0 aliphatic heterocycles. The molecule has 16 heavy (non-hydrogen) atoms. The maximum Gasteiger partial charge on any atom is 0.336 e. The van der Waals surface area contributed by atoms with Gasteiger partial charge in [-0.05, 0) is 24.1 Å². The van der Waals surface area contributed by atoms with Gasteiger partial charge in [0, 0.05) is 5.92 Å². The molecule has 0 heterocycles. The lowest BCUT2D eigenvalue weighted by molar-refractivity contribution is -0.110. The summed E-state index contributed by atoms with van der Waals surface area (Å²) in [7, 11) is 0. The minimum Gasteiger partial charge on any atom is -0.478 e. The third-order valence-electron chi connectivity index (χ3n) is 2.24. The van der Waals surface area contributed by atoms with E-state index in [1.165, 1.54) is 6.07 Å². The molecule has 1 rings (SSSR count). The van der Waals surface area contributed by atoms with E-state index in [9.17, 15) is 9.59 Å². The van der Waals surface area contributed by atoms with Crippen LogP contribution in [-0.2, 0) is 11.2 Å². The van der Waals surface area contributed by atoms with Gasteiger partial charge in [0.15, 0.2) is 0 Å². The third-order valence-corrected chi connectivity index (χ3v) is 2.24. The Morgan fingerprint density at radius 3 is 2.81 bits per heavy atom. The van der Waals surface area contributed by atoms with Gasteiger partial charge in [-0.15, -0.1) is 0 Å². The smallest absolute Gasteiger partial charge is 0.336 e. The molecule has 0 aromatic heterocycles. The molecule has 1 N–H and O–H groups in total. The molecule has 1 unspecified atom stereocenters. The Labute approximate surface area is 93.1 Å². The summed E-state index contributed by atoms with van der Waals surface area (Å²) in [6.45, 7) is 1.72. The molecule has 0 aliphatic rings. The minimum atomic E-state index is -1.08. The summed E-state index contributed by atoms with van der Waals surface area (Å²) >= 11 is 0. The first-order valence-electron chi connectivity index (χ1n) is 4.80. The van der Waals surface area contributed by atoms with E-state index in [-0.39, 0.29) is 11.5 Å². The molecule has 0 radical (unpaired) electrons. The number of nitriles is 1. The fourth-order valence-corrected chi connectivity index (χ4v) is 1.42. The minimum absolute atomic E-state index is 0.0905. The highest BCUT2D eigenvalue weighted by Crippen LogP contribution is 2.15. The van der Waals surface area contributed by atoms with Crippen molar-refractivity contribution in [3.8, 4) is 6.07 Å². The van der Waals surface area contributed by atoms with Crippen LogP contribution in [0.15, 0.2) is 18.2 Å². The zero-order valence-electron chi connectivity index (χ0n) is 8.80. The van der Waals surface area contributed by atoms with Crippen molar-refractivity contribution in [1.82, 2.24) is 0 Å². The van der Waals surface area contributed by atoms with E-state index in [1.54, 1.807) is 19.1 Å². The fraction of sp³-hybridized carbons (Fsp3) is 0.250. The first-order valence-corrected chi connectivity index (χ1v) is 4.80. The molecule has 82 valence electrons. The van der Waals surface area contributed by atoms with Crippen LogP contribution in [0.2, 0.25) is 0 Å². The van der Waals surface area contributed by atoms with Crippen LogP contribution < -0.4 is 0 Å². The van der Waals surface area contributed by atoms with Crippen LogP contribution in [0.4, 0.5) is 0 Å². The molecular formula is C12H11NO3. The predicted octanol–water partition coefficient (Wildman–Crippen LogP) is 1.63. The number of carboxylic acid groups (broad SMARTS) is 1. The number of carbonyl (C=O) groups excluding carboxylic acids is 1. The Balaban J connectivity index is 3.14. The SMILES string of the molecule is CC(C=O)Cc1ccc(C#N)cc1C(=O)O. The first kappa shape index (κ1) is 11.9. The van der Waals surface area contributed by atoms with E-state index < -0.39 is 5.97 Å². The number of benzene rings is 1. The van der Waals surface area contributed by atoms with E-state index in [0.717, 1.165) is 6.29 Å². The van der Waals surface area contributed by atoms with Gasteiger partial charge < -0.3 is 9.90 Å². The number of hydrogen-bond donors (Lipinski definition) is 1. The molecule has 0 saturated carbocycles. The van der Waals surface area contributed by atoms with E-state index in [2.05, 4.69) is 0 Å². The fourth-order valence-electron chi connectivity index (χ4n) is 1.42. The standard InChI is InChI=1S/C12H11NO3/c1-8(7-14)4-10-3-2-9(6-13)5-11(10)12(15)16/h2-3,5,7-8H,4H2,1H3,(H,15,16). The number of hydrogen-bond acceptors (Lipinski definition) is 3. The second-order valence-corrected chi connectivity index (χ2v) is 3.61. The number of carboxylic acids is 1. The van der Waals surface area contributed by atoms with Crippen molar-refractivity contribution in [3.05, 3.63) is 34.9 Å². The first-order chi connectivity index (χ1) is 7.58. The van der Waals surface area contributed by atoms with Crippen LogP contribution in [-0.4, -0.2) is 17.4 Å². The van der Waals surface area contributed by atoms with Crippen LogP contribution in [0.1, 0.15) is 28.4 Å². The molecule has 0 saturated heterocycles. The van der Waals surface area contributed by atoms with Gasteiger partial charge in [0.05, 0.1) is 17.2 Å². The maximum absolute atomic E-state index is 11.0. The monoisotopic (exact) mass is 217 g/mol. The Bertz CT molecular complexity index is 460. The number of aldehydes is 1. The van der Waals surface area contributed by atoms with Crippen LogP contribution in [0.25, 0.3) is 0 Å². The van der Waals surface area contributed by atoms with Crippen molar-refractivity contribution < 1.29 is 14.7 Å².